The molecular formula is C11H21Br. The summed E-state index contributed by atoms with van der Waals surface area (Å²) in [7, 11) is 0. The Bertz CT molecular complexity index is 136. The summed E-state index contributed by atoms with van der Waals surface area (Å²) in [6.45, 7) is 7.05. The molecule has 0 nitrogen and oxygen atoms in total. The van der Waals surface area contributed by atoms with E-state index in [1.165, 1.54) is 31.0 Å². The predicted octanol–water partition coefficient (Wildman–Crippen LogP) is 4.23. The van der Waals surface area contributed by atoms with Gasteiger partial charge in [-0.15, -0.1) is 0 Å². The zero-order valence-corrected chi connectivity index (χ0v) is 10.2. The summed E-state index contributed by atoms with van der Waals surface area (Å²) >= 11 is 3.63. The summed E-state index contributed by atoms with van der Waals surface area (Å²) in [5.41, 5.74) is 0.717. The lowest BCUT2D eigenvalue weighted by atomic mass is 9.89. The lowest BCUT2D eigenvalue weighted by Crippen LogP contribution is -2.10. The van der Waals surface area contributed by atoms with Crippen LogP contribution in [0.2, 0.25) is 0 Å². The van der Waals surface area contributed by atoms with Crippen LogP contribution >= 0.6 is 15.9 Å². The highest BCUT2D eigenvalue weighted by Crippen LogP contribution is 2.52. The van der Waals surface area contributed by atoms with Gasteiger partial charge in [0.25, 0.3) is 0 Å². The fourth-order valence-corrected chi connectivity index (χ4v) is 2.99. The van der Waals surface area contributed by atoms with Gasteiger partial charge in [-0.25, -0.2) is 0 Å². The van der Waals surface area contributed by atoms with Crippen molar-refractivity contribution >= 4 is 15.9 Å². The lowest BCUT2D eigenvalue weighted by molar-refractivity contribution is 0.347. The van der Waals surface area contributed by atoms with E-state index in [-0.39, 0.29) is 0 Å². The predicted molar refractivity (Wildman–Crippen MR) is 58.7 cm³/mol. The smallest absolute Gasteiger partial charge is 0.00880 e. The first-order valence-electron chi connectivity index (χ1n) is 5.14. The van der Waals surface area contributed by atoms with E-state index < -0.39 is 0 Å². The molecule has 0 saturated heterocycles. The van der Waals surface area contributed by atoms with Gasteiger partial charge in [-0.3, -0.25) is 0 Å². The van der Waals surface area contributed by atoms with Crippen LogP contribution in [0.5, 0.6) is 0 Å². The van der Waals surface area contributed by atoms with E-state index >= 15 is 0 Å². The Morgan fingerprint density at radius 3 is 2.17 bits per heavy atom. The van der Waals surface area contributed by atoms with Gasteiger partial charge in [0.1, 0.15) is 0 Å². The maximum Gasteiger partial charge on any atom is 0.00880 e. The SMILES string of the molecule is CC(C)CC(C)CC1(CBr)CC1. The Balaban J connectivity index is 2.21. The van der Waals surface area contributed by atoms with Crippen LogP contribution in [0.25, 0.3) is 0 Å². The van der Waals surface area contributed by atoms with E-state index in [1.807, 2.05) is 0 Å². The quantitative estimate of drug-likeness (QED) is 0.623. The maximum absolute atomic E-state index is 3.63. The monoisotopic (exact) mass is 232 g/mol. The van der Waals surface area contributed by atoms with Crippen LogP contribution in [0.15, 0.2) is 0 Å². The van der Waals surface area contributed by atoms with Gasteiger partial charge in [-0.2, -0.15) is 0 Å². The molecule has 1 aliphatic rings. The van der Waals surface area contributed by atoms with Gasteiger partial charge in [0, 0.05) is 5.33 Å². The van der Waals surface area contributed by atoms with Crippen molar-refractivity contribution in [2.24, 2.45) is 17.3 Å². The number of rotatable bonds is 5. The third-order valence-corrected chi connectivity index (χ3v) is 4.09. The molecule has 0 bridgehead atoms. The second-order valence-electron chi connectivity index (χ2n) is 5.07. The third kappa shape index (κ3) is 3.08. The van der Waals surface area contributed by atoms with Gasteiger partial charge in [-0.05, 0) is 42.9 Å². The van der Waals surface area contributed by atoms with E-state index in [9.17, 15) is 0 Å². The normalized spacial score (nSPS) is 22.8. The minimum absolute atomic E-state index is 0.717. The molecule has 0 radical (unpaired) electrons. The molecule has 0 amide bonds. The number of halogens is 1. The van der Waals surface area contributed by atoms with Gasteiger partial charge < -0.3 is 0 Å². The van der Waals surface area contributed by atoms with Gasteiger partial charge >= 0.3 is 0 Å². The first-order valence-corrected chi connectivity index (χ1v) is 6.26. The van der Waals surface area contributed by atoms with E-state index in [4.69, 9.17) is 0 Å². The molecule has 1 rings (SSSR count). The third-order valence-electron chi connectivity index (χ3n) is 2.90. The van der Waals surface area contributed by atoms with Crippen molar-refractivity contribution in [1.29, 1.82) is 0 Å². The van der Waals surface area contributed by atoms with Crippen LogP contribution < -0.4 is 0 Å². The number of hydrogen-bond acceptors (Lipinski definition) is 0. The first kappa shape index (κ1) is 10.6. The molecule has 0 aromatic heterocycles. The molecule has 0 aromatic rings. The summed E-state index contributed by atoms with van der Waals surface area (Å²) in [5, 5.41) is 1.22. The zero-order valence-electron chi connectivity index (χ0n) is 8.57. The van der Waals surface area contributed by atoms with Crippen molar-refractivity contribution < 1.29 is 0 Å². The van der Waals surface area contributed by atoms with Crippen molar-refractivity contribution in [3.63, 3.8) is 0 Å². The molecule has 1 saturated carbocycles. The number of hydrogen-bond donors (Lipinski definition) is 0. The minimum atomic E-state index is 0.717. The molecule has 0 aliphatic heterocycles. The maximum atomic E-state index is 3.63. The Kier molecular flexibility index (Phi) is 3.63. The summed E-state index contributed by atoms with van der Waals surface area (Å²) < 4.78 is 0. The molecule has 1 aliphatic carbocycles. The second-order valence-corrected chi connectivity index (χ2v) is 5.63. The molecular weight excluding hydrogens is 212 g/mol. The van der Waals surface area contributed by atoms with Crippen LogP contribution in [-0.4, -0.2) is 5.33 Å². The molecule has 72 valence electrons. The minimum Gasteiger partial charge on any atom is -0.0922 e. The van der Waals surface area contributed by atoms with Gasteiger partial charge in [0.2, 0.25) is 0 Å². The molecule has 0 heterocycles. The second kappa shape index (κ2) is 4.13. The molecule has 12 heavy (non-hydrogen) atoms. The van der Waals surface area contributed by atoms with Crippen molar-refractivity contribution in [3.05, 3.63) is 0 Å². The van der Waals surface area contributed by atoms with Gasteiger partial charge in [0.05, 0.1) is 0 Å². The summed E-state index contributed by atoms with van der Waals surface area (Å²) in [6.07, 6.45) is 5.76. The van der Waals surface area contributed by atoms with Crippen molar-refractivity contribution in [1.82, 2.24) is 0 Å². The topological polar surface area (TPSA) is 0 Å². The number of alkyl halides is 1. The fourth-order valence-electron chi connectivity index (χ4n) is 2.20. The molecule has 1 heteroatoms. The Labute approximate surface area is 85.3 Å². The molecule has 1 atom stereocenters. The van der Waals surface area contributed by atoms with Crippen LogP contribution in [0, 0.1) is 17.3 Å². The Hall–Kier alpha value is 0.480. The van der Waals surface area contributed by atoms with E-state index in [1.54, 1.807) is 0 Å². The van der Waals surface area contributed by atoms with Crippen LogP contribution in [0.1, 0.15) is 46.5 Å². The summed E-state index contributed by atoms with van der Waals surface area (Å²) in [5.74, 6) is 1.79. The summed E-state index contributed by atoms with van der Waals surface area (Å²) in [4.78, 5) is 0. The molecule has 0 N–H and O–H groups in total. The highest BCUT2D eigenvalue weighted by molar-refractivity contribution is 9.09. The van der Waals surface area contributed by atoms with Gasteiger partial charge in [0.15, 0.2) is 0 Å². The Morgan fingerprint density at radius 2 is 1.83 bits per heavy atom. The average Bonchev–Trinajstić information content (AvgIpc) is 2.67. The standard InChI is InChI=1S/C11H21Br/c1-9(2)6-10(3)7-11(8-12)4-5-11/h9-10H,4-8H2,1-3H3. The Morgan fingerprint density at radius 1 is 1.25 bits per heavy atom. The molecule has 0 aromatic carbocycles. The van der Waals surface area contributed by atoms with Crippen molar-refractivity contribution in [2.75, 3.05) is 5.33 Å². The van der Waals surface area contributed by atoms with E-state index in [0.29, 0.717) is 5.41 Å². The molecule has 1 unspecified atom stereocenters. The molecule has 1 fully saturated rings. The van der Waals surface area contributed by atoms with Crippen LogP contribution in [0.3, 0.4) is 0 Å². The van der Waals surface area contributed by atoms with Crippen LogP contribution in [0.4, 0.5) is 0 Å². The largest absolute Gasteiger partial charge is 0.0922 e. The first-order chi connectivity index (χ1) is 5.58. The van der Waals surface area contributed by atoms with Crippen molar-refractivity contribution in [2.45, 2.75) is 46.5 Å². The van der Waals surface area contributed by atoms with Crippen LogP contribution in [-0.2, 0) is 0 Å². The lowest BCUT2D eigenvalue weighted by Gasteiger charge is -2.19. The summed E-state index contributed by atoms with van der Waals surface area (Å²) in [6, 6.07) is 0. The van der Waals surface area contributed by atoms with Gasteiger partial charge in [-0.1, -0.05) is 36.7 Å². The molecule has 0 spiro atoms. The fraction of sp³-hybridized carbons (Fsp3) is 1.00. The van der Waals surface area contributed by atoms with Crippen molar-refractivity contribution in [3.8, 4) is 0 Å². The highest BCUT2D eigenvalue weighted by atomic mass is 79.9. The highest BCUT2D eigenvalue weighted by Gasteiger charge is 2.41. The zero-order chi connectivity index (χ0) is 9.19. The average molecular weight is 233 g/mol. The van der Waals surface area contributed by atoms with E-state index in [2.05, 4.69) is 36.7 Å². The van der Waals surface area contributed by atoms with E-state index in [0.717, 1.165) is 11.8 Å².